The molecule has 138 valence electrons. The molecule has 6 nitrogen and oxygen atoms in total. The van der Waals surface area contributed by atoms with Crippen LogP contribution in [0, 0.1) is 6.92 Å². The third-order valence-electron chi connectivity index (χ3n) is 4.41. The molecule has 1 aromatic carbocycles. The van der Waals surface area contributed by atoms with Crippen molar-refractivity contribution in [3.8, 4) is 5.88 Å². The Morgan fingerprint density at radius 1 is 1.15 bits per heavy atom. The predicted octanol–water partition coefficient (Wildman–Crippen LogP) is 2.28. The highest BCUT2D eigenvalue weighted by molar-refractivity contribution is 7.89. The highest BCUT2D eigenvalue weighted by Crippen LogP contribution is 2.29. The van der Waals surface area contributed by atoms with E-state index in [4.69, 9.17) is 4.74 Å². The zero-order chi connectivity index (χ0) is 18.7. The van der Waals surface area contributed by atoms with Gasteiger partial charge in [0, 0.05) is 18.3 Å². The third kappa shape index (κ3) is 4.12. The van der Waals surface area contributed by atoms with Crippen molar-refractivity contribution in [2.45, 2.75) is 36.8 Å². The summed E-state index contributed by atoms with van der Waals surface area (Å²) in [5.41, 5.74) is 2.46. The fraction of sp³-hybridized carbons (Fsp3) is 0.316. The van der Waals surface area contributed by atoms with Gasteiger partial charge in [-0.25, -0.2) is 18.1 Å². The second kappa shape index (κ2) is 7.57. The monoisotopic (exact) mass is 374 g/mol. The Labute approximate surface area is 153 Å². The number of hydrogen-bond donors (Lipinski definition) is 2. The van der Waals surface area contributed by atoms with E-state index < -0.39 is 22.2 Å². The average molecular weight is 374 g/mol. The largest absolute Gasteiger partial charge is 0.481 e. The first-order valence-corrected chi connectivity index (χ1v) is 9.86. The second-order valence-electron chi connectivity index (χ2n) is 6.34. The van der Waals surface area contributed by atoms with Crippen LogP contribution < -0.4 is 9.46 Å². The number of ether oxygens (including phenoxy) is 1. The molecule has 0 amide bonds. The zero-order valence-corrected chi connectivity index (χ0v) is 15.5. The number of benzene rings is 1. The van der Waals surface area contributed by atoms with E-state index in [1.165, 1.54) is 7.11 Å². The van der Waals surface area contributed by atoms with Gasteiger partial charge in [0.05, 0.1) is 18.1 Å². The molecule has 2 atom stereocenters. The van der Waals surface area contributed by atoms with Crippen molar-refractivity contribution >= 4 is 15.6 Å². The molecule has 0 spiro atoms. The molecule has 1 aromatic heterocycles. The lowest BCUT2D eigenvalue weighted by Crippen LogP contribution is -2.38. The number of nitrogens with zero attached hydrogens (tertiary/aromatic N) is 1. The van der Waals surface area contributed by atoms with Gasteiger partial charge in [0.1, 0.15) is 0 Å². The fourth-order valence-electron chi connectivity index (χ4n) is 2.96. The molecular formula is C19H22N2O4S. The first-order chi connectivity index (χ1) is 12.4. The number of pyridine rings is 1. The van der Waals surface area contributed by atoms with E-state index in [1.54, 1.807) is 42.6 Å². The maximum atomic E-state index is 12.7. The van der Waals surface area contributed by atoms with E-state index >= 15 is 0 Å². The van der Waals surface area contributed by atoms with Crippen molar-refractivity contribution < 1.29 is 18.3 Å². The van der Waals surface area contributed by atoms with E-state index in [9.17, 15) is 13.5 Å². The van der Waals surface area contributed by atoms with Gasteiger partial charge in [0.2, 0.25) is 15.9 Å². The Bertz CT molecular complexity index is 890. The van der Waals surface area contributed by atoms with Gasteiger partial charge in [-0.05, 0) is 49.1 Å². The molecule has 26 heavy (non-hydrogen) atoms. The number of aliphatic hydroxyl groups excluding tert-OH is 1. The smallest absolute Gasteiger partial charge is 0.241 e. The highest BCUT2D eigenvalue weighted by atomic mass is 32.2. The Morgan fingerprint density at radius 3 is 2.50 bits per heavy atom. The molecule has 0 saturated heterocycles. The number of aliphatic hydroxyl groups is 1. The van der Waals surface area contributed by atoms with Crippen LogP contribution in [-0.2, 0) is 10.0 Å². The SMILES string of the molecule is COc1ccc(C2=C[C@@H](O)CC[C@H]2NS(=O)(=O)c2ccc(C)cc2)cn1. The summed E-state index contributed by atoms with van der Waals surface area (Å²) >= 11 is 0. The van der Waals surface area contributed by atoms with Crippen molar-refractivity contribution in [1.82, 2.24) is 9.71 Å². The van der Waals surface area contributed by atoms with Crippen molar-refractivity contribution in [3.63, 3.8) is 0 Å². The van der Waals surface area contributed by atoms with Gasteiger partial charge >= 0.3 is 0 Å². The molecule has 3 rings (SSSR count). The summed E-state index contributed by atoms with van der Waals surface area (Å²) in [6.07, 6.45) is 3.70. The number of rotatable bonds is 5. The molecule has 2 aromatic rings. The molecule has 0 radical (unpaired) electrons. The minimum Gasteiger partial charge on any atom is -0.481 e. The lowest BCUT2D eigenvalue weighted by molar-refractivity contribution is 0.202. The van der Waals surface area contributed by atoms with E-state index in [1.807, 2.05) is 13.0 Å². The number of nitrogens with one attached hydrogen (secondary N) is 1. The number of methoxy groups -OCH3 is 1. The molecule has 0 unspecified atom stereocenters. The maximum Gasteiger partial charge on any atom is 0.241 e. The van der Waals surface area contributed by atoms with Gasteiger partial charge in [-0.3, -0.25) is 0 Å². The quantitative estimate of drug-likeness (QED) is 0.838. The first kappa shape index (κ1) is 18.6. The molecule has 0 saturated carbocycles. The summed E-state index contributed by atoms with van der Waals surface area (Å²) in [6.45, 7) is 1.91. The summed E-state index contributed by atoms with van der Waals surface area (Å²) in [7, 11) is -2.13. The van der Waals surface area contributed by atoms with Crippen LogP contribution in [0.2, 0.25) is 0 Å². The normalized spacial score (nSPS) is 20.5. The molecule has 1 aliphatic rings. The Hall–Kier alpha value is -2.22. The summed E-state index contributed by atoms with van der Waals surface area (Å²) in [5.74, 6) is 0.475. The summed E-state index contributed by atoms with van der Waals surface area (Å²) in [4.78, 5) is 4.40. The minimum absolute atomic E-state index is 0.224. The van der Waals surface area contributed by atoms with Gasteiger partial charge in [-0.2, -0.15) is 0 Å². The molecule has 0 aliphatic heterocycles. The average Bonchev–Trinajstić information content (AvgIpc) is 2.63. The Balaban J connectivity index is 1.89. The van der Waals surface area contributed by atoms with Crippen molar-refractivity contribution in [2.75, 3.05) is 7.11 Å². The minimum atomic E-state index is -3.67. The van der Waals surface area contributed by atoms with Crippen LogP contribution in [0.25, 0.3) is 5.57 Å². The van der Waals surface area contributed by atoms with Crippen LogP contribution in [0.4, 0.5) is 0 Å². The van der Waals surface area contributed by atoms with Crippen LogP contribution in [0.1, 0.15) is 24.0 Å². The van der Waals surface area contributed by atoms with Crippen LogP contribution in [0.15, 0.2) is 53.6 Å². The number of aryl methyl sites for hydroxylation is 1. The van der Waals surface area contributed by atoms with Crippen LogP contribution in [0.5, 0.6) is 5.88 Å². The lowest BCUT2D eigenvalue weighted by atomic mass is 9.89. The Kier molecular flexibility index (Phi) is 5.41. The lowest BCUT2D eigenvalue weighted by Gasteiger charge is -2.27. The van der Waals surface area contributed by atoms with Gasteiger partial charge in [-0.1, -0.05) is 23.8 Å². The van der Waals surface area contributed by atoms with Crippen molar-refractivity contribution in [2.24, 2.45) is 0 Å². The van der Waals surface area contributed by atoms with Crippen LogP contribution in [0.3, 0.4) is 0 Å². The molecule has 1 aliphatic carbocycles. The van der Waals surface area contributed by atoms with Gasteiger partial charge in [-0.15, -0.1) is 0 Å². The van der Waals surface area contributed by atoms with E-state index in [0.717, 1.165) is 16.7 Å². The number of hydrogen-bond acceptors (Lipinski definition) is 5. The van der Waals surface area contributed by atoms with E-state index in [-0.39, 0.29) is 4.90 Å². The molecule has 7 heteroatoms. The number of sulfonamides is 1. The van der Waals surface area contributed by atoms with Crippen LogP contribution >= 0.6 is 0 Å². The fourth-order valence-corrected chi connectivity index (χ4v) is 4.21. The maximum absolute atomic E-state index is 12.7. The topological polar surface area (TPSA) is 88.5 Å². The summed E-state index contributed by atoms with van der Waals surface area (Å²) in [6, 6.07) is 9.81. The standard InChI is InChI=1S/C19H22N2O4S/c1-13-3-7-16(8-4-13)26(23,24)21-18-9-6-15(22)11-17(18)14-5-10-19(25-2)20-12-14/h3-5,7-8,10-12,15,18,21-22H,6,9H2,1-2H3/t15-,18+/m0/s1. The molecular weight excluding hydrogens is 352 g/mol. The number of aromatic nitrogens is 1. The summed E-state index contributed by atoms with van der Waals surface area (Å²) < 4.78 is 33.3. The van der Waals surface area contributed by atoms with Gasteiger partial charge in [0.15, 0.2) is 0 Å². The second-order valence-corrected chi connectivity index (χ2v) is 8.06. The van der Waals surface area contributed by atoms with Crippen molar-refractivity contribution in [3.05, 3.63) is 59.8 Å². The molecule has 1 heterocycles. The van der Waals surface area contributed by atoms with E-state index in [0.29, 0.717) is 18.7 Å². The van der Waals surface area contributed by atoms with Crippen LogP contribution in [-0.4, -0.2) is 37.8 Å². The molecule has 2 N–H and O–H groups in total. The predicted molar refractivity (Wildman–Crippen MR) is 99.3 cm³/mol. The Morgan fingerprint density at radius 2 is 1.88 bits per heavy atom. The van der Waals surface area contributed by atoms with Crippen molar-refractivity contribution in [1.29, 1.82) is 0 Å². The third-order valence-corrected chi connectivity index (χ3v) is 5.89. The first-order valence-electron chi connectivity index (χ1n) is 8.38. The van der Waals surface area contributed by atoms with E-state index in [2.05, 4.69) is 9.71 Å². The molecule has 0 bridgehead atoms. The van der Waals surface area contributed by atoms with Gasteiger partial charge < -0.3 is 9.84 Å². The highest BCUT2D eigenvalue weighted by Gasteiger charge is 2.28. The molecule has 0 fully saturated rings. The zero-order valence-electron chi connectivity index (χ0n) is 14.7. The summed E-state index contributed by atoms with van der Waals surface area (Å²) in [5, 5.41) is 10.0. The van der Waals surface area contributed by atoms with Gasteiger partial charge in [0.25, 0.3) is 0 Å².